The van der Waals surface area contributed by atoms with Gasteiger partial charge in [-0.1, -0.05) is 41.6 Å². The van der Waals surface area contributed by atoms with Crippen molar-refractivity contribution in [3.63, 3.8) is 0 Å². The molecule has 1 unspecified atom stereocenters. The Hall–Kier alpha value is -3.21. The summed E-state index contributed by atoms with van der Waals surface area (Å²) in [5, 5.41) is 12.7. The molecule has 2 aromatic rings. The van der Waals surface area contributed by atoms with Gasteiger partial charge < -0.3 is 10.1 Å². The SMILES string of the molecule is C=CCNC(=O)/C(C#N)=C1\SC(Cc2cccc(Cl)c2)C(=O)N1c1ccc(OCC)cc1. The summed E-state index contributed by atoms with van der Waals surface area (Å²) in [4.78, 5) is 27.5. The van der Waals surface area contributed by atoms with Crippen molar-refractivity contribution < 1.29 is 14.3 Å². The average molecular weight is 468 g/mol. The van der Waals surface area contributed by atoms with Crippen LogP contribution in [0.3, 0.4) is 0 Å². The summed E-state index contributed by atoms with van der Waals surface area (Å²) >= 11 is 7.30. The van der Waals surface area contributed by atoms with Crippen LogP contribution < -0.4 is 15.0 Å². The zero-order chi connectivity index (χ0) is 23.1. The Morgan fingerprint density at radius 2 is 2.09 bits per heavy atom. The fourth-order valence-electron chi connectivity index (χ4n) is 3.21. The molecule has 1 atom stereocenters. The number of nitriles is 1. The second kappa shape index (κ2) is 10.9. The normalized spacial score (nSPS) is 17.0. The quantitative estimate of drug-likeness (QED) is 0.352. The van der Waals surface area contributed by atoms with E-state index in [-0.39, 0.29) is 18.0 Å². The standard InChI is InChI=1S/C24H22ClN3O3S/c1-3-12-27-22(29)20(15-26)24-28(18-8-10-19(11-9-18)31-4-2)23(30)21(32-24)14-16-6-5-7-17(25)13-16/h3,5-11,13,21H,1,4,12,14H2,2H3,(H,27,29)/b24-20-. The highest BCUT2D eigenvalue weighted by molar-refractivity contribution is 8.05. The Bertz CT molecular complexity index is 1090. The summed E-state index contributed by atoms with van der Waals surface area (Å²) in [5.41, 5.74) is 1.33. The number of hydrogen-bond acceptors (Lipinski definition) is 5. The maximum atomic E-state index is 13.4. The zero-order valence-corrected chi connectivity index (χ0v) is 19.1. The Kier molecular flexibility index (Phi) is 7.98. The maximum Gasteiger partial charge on any atom is 0.264 e. The van der Waals surface area contributed by atoms with E-state index in [0.717, 1.165) is 5.56 Å². The Morgan fingerprint density at radius 1 is 1.34 bits per heavy atom. The highest BCUT2D eigenvalue weighted by Crippen LogP contribution is 2.42. The predicted octanol–water partition coefficient (Wildman–Crippen LogP) is 4.47. The van der Waals surface area contributed by atoms with Crippen molar-refractivity contribution in [2.75, 3.05) is 18.1 Å². The van der Waals surface area contributed by atoms with E-state index >= 15 is 0 Å². The van der Waals surface area contributed by atoms with E-state index in [0.29, 0.717) is 34.5 Å². The monoisotopic (exact) mass is 467 g/mol. The first-order chi connectivity index (χ1) is 15.5. The van der Waals surface area contributed by atoms with Crippen LogP contribution in [0, 0.1) is 11.3 Å². The maximum absolute atomic E-state index is 13.4. The Labute approximate surface area is 196 Å². The van der Waals surface area contributed by atoms with Gasteiger partial charge in [0.25, 0.3) is 5.91 Å². The van der Waals surface area contributed by atoms with Gasteiger partial charge in [-0.25, -0.2) is 0 Å². The number of rotatable bonds is 8. The molecule has 0 spiro atoms. The molecule has 0 aromatic heterocycles. The number of carbonyl (C=O) groups is 2. The fraction of sp³-hybridized carbons (Fsp3) is 0.208. The van der Waals surface area contributed by atoms with Crippen LogP contribution in [0.4, 0.5) is 5.69 Å². The molecule has 1 heterocycles. The van der Waals surface area contributed by atoms with Crippen molar-refractivity contribution in [2.45, 2.75) is 18.6 Å². The van der Waals surface area contributed by atoms with E-state index in [1.54, 1.807) is 36.4 Å². The third-order valence-electron chi connectivity index (χ3n) is 4.63. The summed E-state index contributed by atoms with van der Waals surface area (Å²) in [6.45, 7) is 6.19. The Balaban J connectivity index is 2.01. The number of nitrogens with one attached hydrogen (secondary N) is 1. The van der Waals surface area contributed by atoms with Gasteiger partial charge in [0.2, 0.25) is 5.91 Å². The summed E-state index contributed by atoms with van der Waals surface area (Å²) in [6, 6.07) is 16.2. The van der Waals surface area contributed by atoms with Gasteiger partial charge in [-0.3, -0.25) is 14.5 Å². The number of benzene rings is 2. The summed E-state index contributed by atoms with van der Waals surface area (Å²) in [5.74, 6) is -0.0961. The Morgan fingerprint density at radius 3 is 2.72 bits per heavy atom. The molecule has 1 aliphatic rings. The van der Waals surface area contributed by atoms with Crippen molar-refractivity contribution in [3.8, 4) is 11.8 Å². The van der Waals surface area contributed by atoms with Crippen LogP contribution in [-0.2, 0) is 16.0 Å². The van der Waals surface area contributed by atoms with Crippen molar-refractivity contribution >= 4 is 40.9 Å². The number of nitrogens with zero attached hydrogens (tertiary/aromatic N) is 2. The topological polar surface area (TPSA) is 82.4 Å². The lowest BCUT2D eigenvalue weighted by Crippen LogP contribution is -2.32. The molecule has 8 heteroatoms. The van der Waals surface area contributed by atoms with Gasteiger partial charge in [0.1, 0.15) is 22.4 Å². The van der Waals surface area contributed by atoms with Crippen molar-refractivity contribution in [3.05, 3.63) is 82.4 Å². The number of carbonyl (C=O) groups excluding carboxylic acids is 2. The lowest BCUT2D eigenvalue weighted by Gasteiger charge is -2.19. The number of thioether (sulfide) groups is 1. The highest BCUT2D eigenvalue weighted by atomic mass is 35.5. The van der Waals surface area contributed by atoms with Crippen LogP contribution >= 0.6 is 23.4 Å². The van der Waals surface area contributed by atoms with Crippen LogP contribution in [0.1, 0.15) is 12.5 Å². The summed E-state index contributed by atoms with van der Waals surface area (Å²) in [7, 11) is 0. The number of anilines is 1. The first-order valence-electron chi connectivity index (χ1n) is 9.99. The molecule has 2 amide bonds. The van der Waals surface area contributed by atoms with Crippen LogP contribution in [0.25, 0.3) is 0 Å². The van der Waals surface area contributed by atoms with Crippen molar-refractivity contribution in [1.29, 1.82) is 5.26 Å². The van der Waals surface area contributed by atoms with Crippen molar-refractivity contribution in [1.82, 2.24) is 5.32 Å². The molecule has 0 saturated carbocycles. The predicted molar refractivity (Wildman–Crippen MR) is 127 cm³/mol. The third-order valence-corrected chi connectivity index (χ3v) is 6.13. The number of halogens is 1. The molecular weight excluding hydrogens is 446 g/mol. The minimum atomic E-state index is -0.554. The van der Waals surface area contributed by atoms with E-state index < -0.39 is 11.2 Å². The molecule has 6 nitrogen and oxygen atoms in total. The third kappa shape index (κ3) is 5.34. The van der Waals surface area contributed by atoms with Gasteiger partial charge in [0.15, 0.2) is 0 Å². The molecule has 1 fully saturated rings. The van der Waals surface area contributed by atoms with Crippen LogP contribution in [0.5, 0.6) is 5.75 Å². The first-order valence-corrected chi connectivity index (χ1v) is 11.3. The minimum Gasteiger partial charge on any atom is -0.494 e. The molecule has 1 aliphatic heterocycles. The van der Waals surface area contributed by atoms with E-state index in [9.17, 15) is 14.9 Å². The van der Waals surface area contributed by atoms with E-state index in [4.69, 9.17) is 16.3 Å². The minimum absolute atomic E-state index is 0.118. The second-order valence-corrected chi connectivity index (χ2v) is 8.46. The molecule has 0 bridgehead atoms. The van der Waals surface area contributed by atoms with Gasteiger partial charge in [0.05, 0.1) is 11.9 Å². The highest BCUT2D eigenvalue weighted by Gasteiger charge is 2.40. The van der Waals surface area contributed by atoms with Gasteiger partial charge in [0, 0.05) is 17.3 Å². The van der Waals surface area contributed by atoms with Gasteiger partial charge in [-0.05, 0) is 55.3 Å². The fourth-order valence-corrected chi connectivity index (χ4v) is 4.73. The number of amides is 2. The van der Waals surface area contributed by atoms with E-state index in [1.807, 2.05) is 25.1 Å². The van der Waals surface area contributed by atoms with E-state index in [1.165, 1.54) is 22.7 Å². The molecule has 1 N–H and O–H groups in total. The van der Waals surface area contributed by atoms with Crippen LogP contribution in [0.15, 0.2) is 71.8 Å². The second-order valence-electron chi connectivity index (χ2n) is 6.83. The molecule has 1 saturated heterocycles. The molecule has 164 valence electrons. The van der Waals surface area contributed by atoms with E-state index in [2.05, 4.69) is 11.9 Å². The molecule has 32 heavy (non-hydrogen) atoms. The lowest BCUT2D eigenvalue weighted by molar-refractivity contribution is -0.117. The molecule has 2 aromatic carbocycles. The van der Waals surface area contributed by atoms with Crippen LogP contribution in [0.2, 0.25) is 5.02 Å². The van der Waals surface area contributed by atoms with Crippen LogP contribution in [-0.4, -0.2) is 30.2 Å². The largest absolute Gasteiger partial charge is 0.494 e. The average Bonchev–Trinajstić information content (AvgIpc) is 3.09. The summed E-state index contributed by atoms with van der Waals surface area (Å²) in [6.07, 6.45) is 1.94. The molecule has 0 radical (unpaired) electrons. The number of ether oxygens (including phenoxy) is 1. The van der Waals surface area contributed by atoms with Gasteiger partial charge >= 0.3 is 0 Å². The molecule has 3 rings (SSSR count). The van der Waals surface area contributed by atoms with Gasteiger partial charge in [-0.15, -0.1) is 6.58 Å². The van der Waals surface area contributed by atoms with Gasteiger partial charge in [-0.2, -0.15) is 5.26 Å². The van der Waals surface area contributed by atoms with Crippen molar-refractivity contribution in [2.24, 2.45) is 0 Å². The lowest BCUT2D eigenvalue weighted by atomic mass is 10.1. The smallest absolute Gasteiger partial charge is 0.264 e. The number of hydrogen-bond donors (Lipinski definition) is 1. The summed E-state index contributed by atoms with van der Waals surface area (Å²) < 4.78 is 5.48. The molecular formula is C24H22ClN3O3S. The molecule has 0 aliphatic carbocycles. The zero-order valence-electron chi connectivity index (χ0n) is 17.5. The first kappa shape index (κ1) is 23.5.